The van der Waals surface area contributed by atoms with Gasteiger partial charge in [-0.1, -0.05) is 18.2 Å². The van der Waals surface area contributed by atoms with E-state index >= 15 is 0 Å². The van der Waals surface area contributed by atoms with E-state index in [9.17, 15) is 18.0 Å². The monoisotopic (exact) mass is 298 g/mol. The van der Waals surface area contributed by atoms with Crippen LogP contribution in [0.15, 0.2) is 42.5 Å². The van der Waals surface area contributed by atoms with Crippen molar-refractivity contribution >= 4 is 17.3 Å². The Balaban J connectivity index is 3.09. The first-order valence-electron chi connectivity index (χ1n) is 6.24. The molecule has 1 aromatic carbocycles. The Bertz CT molecular complexity index is 561. The summed E-state index contributed by atoms with van der Waals surface area (Å²) in [6.45, 7) is 1.77. The lowest BCUT2D eigenvalue weighted by molar-refractivity contribution is -0.136. The minimum absolute atomic E-state index is 0.261. The number of rotatable bonds is 4. The third kappa shape index (κ3) is 4.98. The molecule has 0 bridgehead atoms. The first kappa shape index (κ1) is 16.8. The lowest BCUT2D eigenvalue weighted by Gasteiger charge is -2.18. The number of benzene rings is 1. The number of nitrogens with one attached hydrogen (secondary N) is 1. The standard InChI is InChI=1S/C15H17F3N2O/c1-4-5-6-7-14(21)19-13-9-8-11(20(2)3)10-12(13)15(16,17)18/h4-10H,1-3H3,(H,19,21)/b5-4+,7-6+. The van der Waals surface area contributed by atoms with Gasteiger partial charge in [0.05, 0.1) is 11.3 Å². The number of amides is 1. The number of alkyl halides is 3. The van der Waals surface area contributed by atoms with Crippen molar-refractivity contribution in [3.05, 3.63) is 48.1 Å². The van der Waals surface area contributed by atoms with Crippen LogP contribution >= 0.6 is 0 Å². The molecule has 0 unspecified atom stereocenters. The maximum absolute atomic E-state index is 13.0. The average molecular weight is 298 g/mol. The summed E-state index contributed by atoms with van der Waals surface area (Å²) in [4.78, 5) is 13.1. The van der Waals surface area contributed by atoms with Gasteiger partial charge in [-0.2, -0.15) is 13.2 Å². The number of halogens is 3. The van der Waals surface area contributed by atoms with Crippen LogP contribution in [0.4, 0.5) is 24.5 Å². The largest absolute Gasteiger partial charge is 0.418 e. The van der Waals surface area contributed by atoms with E-state index < -0.39 is 17.6 Å². The molecule has 1 N–H and O–H groups in total. The summed E-state index contributed by atoms with van der Waals surface area (Å²) in [6, 6.07) is 3.77. The van der Waals surface area contributed by atoms with Crippen LogP contribution in [0.3, 0.4) is 0 Å². The van der Waals surface area contributed by atoms with Gasteiger partial charge in [0.1, 0.15) is 0 Å². The minimum Gasteiger partial charge on any atom is -0.378 e. The van der Waals surface area contributed by atoms with Gasteiger partial charge in [-0.3, -0.25) is 4.79 Å². The summed E-state index contributed by atoms with van der Waals surface area (Å²) < 4.78 is 39.1. The van der Waals surface area contributed by atoms with Crippen LogP contribution in [0.25, 0.3) is 0 Å². The number of anilines is 2. The molecule has 1 amide bonds. The van der Waals surface area contributed by atoms with E-state index in [-0.39, 0.29) is 5.69 Å². The van der Waals surface area contributed by atoms with Crippen LogP contribution in [-0.4, -0.2) is 20.0 Å². The summed E-state index contributed by atoms with van der Waals surface area (Å²) in [7, 11) is 3.29. The fourth-order valence-corrected chi connectivity index (χ4v) is 1.58. The number of allylic oxidation sites excluding steroid dienone is 3. The van der Waals surface area contributed by atoms with Gasteiger partial charge < -0.3 is 10.2 Å². The van der Waals surface area contributed by atoms with Gasteiger partial charge in [0.2, 0.25) is 5.91 Å². The zero-order chi connectivity index (χ0) is 16.0. The molecule has 0 aliphatic rings. The van der Waals surface area contributed by atoms with Crippen LogP contribution in [0.1, 0.15) is 12.5 Å². The molecule has 114 valence electrons. The predicted octanol–water partition coefficient (Wildman–Crippen LogP) is 3.84. The van der Waals surface area contributed by atoms with E-state index in [0.717, 1.165) is 6.07 Å². The van der Waals surface area contributed by atoms with Crippen molar-refractivity contribution in [3.63, 3.8) is 0 Å². The highest BCUT2D eigenvalue weighted by atomic mass is 19.4. The molecule has 0 fully saturated rings. The van der Waals surface area contributed by atoms with Crippen molar-refractivity contribution in [1.82, 2.24) is 0 Å². The van der Waals surface area contributed by atoms with Crippen molar-refractivity contribution in [3.8, 4) is 0 Å². The fraction of sp³-hybridized carbons (Fsp3) is 0.267. The number of hydrogen-bond donors (Lipinski definition) is 1. The Morgan fingerprint density at radius 2 is 1.90 bits per heavy atom. The average Bonchev–Trinajstić information content (AvgIpc) is 2.37. The maximum atomic E-state index is 13.0. The Morgan fingerprint density at radius 3 is 2.43 bits per heavy atom. The molecular weight excluding hydrogens is 281 g/mol. The van der Waals surface area contributed by atoms with Crippen molar-refractivity contribution < 1.29 is 18.0 Å². The lowest BCUT2D eigenvalue weighted by atomic mass is 10.1. The Morgan fingerprint density at radius 1 is 1.24 bits per heavy atom. The van der Waals surface area contributed by atoms with Gasteiger partial charge in [0.25, 0.3) is 0 Å². The molecule has 1 aromatic rings. The quantitative estimate of drug-likeness (QED) is 0.676. The molecule has 3 nitrogen and oxygen atoms in total. The highest BCUT2D eigenvalue weighted by Crippen LogP contribution is 2.37. The van der Waals surface area contributed by atoms with Gasteiger partial charge in [-0.05, 0) is 25.1 Å². The van der Waals surface area contributed by atoms with Crippen LogP contribution in [0, 0.1) is 0 Å². The van der Waals surface area contributed by atoms with Gasteiger partial charge in [0, 0.05) is 25.9 Å². The molecule has 0 heterocycles. The molecule has 0 saturated heterocycles. The summed E-state index contributed by atoms with van der Waals surface area (Å²) in [5.74, 6) is -0.615. The second-order valence-electron chi connectivity index (χ2n) is 4.50. The Labute approximate surface area is 121 Å². The lowest BCUT2D eigenvalue weighted by Crippen LogP contribution is -2.16. The predicted molar refractivity (Wildman–Crippen MR) is 78.4 cm³/mol. The topological polar surface area (TPSA) is 32.3 Å². The zero-order valence-electron chi connectivity index (χ0n) is 12.0. The molecule has 0 aromatic heterocycles. The van der Waals surface area contributed by atoms with E-state index in [1.54, 1.807) is 38.1 Å². The Hall–Kier alpha value is -2.24. The number of hydrogen-bond acceptors (Lipinski definition) is 2. The number of carbonyl (C=O) groups is 1. The van der Waals surface area contributed by atoms with Gasteiger partial charge in [-0.15, -0.1) is 0 Å². The highest BCUT2D eigenvalue weighted by molar-refractivity contribution is 6.00. The summed E-state index contributed by atoms with van der Waals surface area (Å²) in [5.41, 5.74) is -0.727. The molecule has 0 spiro atoms. The van der Waals surface area contributed by atoms with Crippen molar-refractivity contribution in [2.24, 2.45) is 0 Å². The third-order valence-electron chi connectivity index (χ3n) is 2.63. The van der Waals surface area contributed by atoms with E-state index in [4.69, 9.17) is 0 Å². The second-order valence-corrected chi connectivity index (χ2v) is 4.50. The van der Waals surface area contributed by atoms with E-state index in [2.05, 4.69) is 5.32 Å². The van der Waals surface area contributed by atoms with Crippen LogP contribution in [0.2, 0.25) is 0 Å². The van der Waals surface area contributed by atoms with Crippen LogP contribution < -0.4 is 10.2 Å². The van der Waals surface area contributed by atoms with Crippen molar-refractivity contribution in [2.45, 2.75) is 13.1 Å². The first-order valence-corrected chi connectivity index (χ1v) is 6.24. The third-order valence-corrected chi connectivity index (χ3v) is 2.63. The maximum Gasteiger partial charge on any atom is 0.418 e. The summed E-state index contributed by atoms with van der Waals surface area (Å²) in [5, 5.41) is 2.24. The Kier molecular flexibility index (Phi) is 5.58. The fourth-order valence-electron chi connectivity index (χ4n) is 1.58. The van der Waals surface area contributed by atoms with E-state index in [0.29, 0.717) is 5.69 Å². The van der Waals surface area contributed by atoms with Crippen molar-refractivity contribution in [1.29, 1.82) is 0 Å². The molecule has 21 heavy (non-hydrogen) atoms. The molecule has 0 aliphatic carbocycles. The van der Waals surface area contributed by atoms with Gasteiger partial charge in [0.15, 0.2) is 0 Å². The molecular formula is C15H17F3N2O. The van der Waals surface area contributed by atoms with E-state index in [1.165, 1.54) is 24.3 Å². The normalized spacial score (nSPS) is 12.1. The van der Waals surface area contributed by atoms with E-state index in [1.807, 2.05) is 0 Å². The highest BCUT2D eigenvalue weighted by Gasteiger charge is 2.34. The zero-order valence-corrected chi connectivity index (χ0v) is 12.0. The van der Waals surface area contributed by atoms with Gasteiger partial charge >= 0.3 is 6.18 Å². The summed E-state index contributed by atoms with van der Waals surface area (Å²) in [6.07, 6.45) is 1.40. The molecule has 0 saturated carbocycles. The summed E-state index contributed by atoms with van der Waals surface area (Å²) >= 11 is 0. The molecule has 0 radical (unpaired) electrons. The van der Waals surface area contributed by atoms with Crippen molar-refractivity contribution in [2.75, 3.05) is 24.3 Å². The molecule has 6 heteroatoms. The minimum atomic E-state index is -4.54. The van der Waals surface area contributed by atoms with Crippen LogP contribution in [0.5, 0.6) is 0 Å². The number of nitrogens with zero attached hydrogens (tertiary/aromatic N) is 1. The second kappa shape index (κ2) is 6.97. The number of carbonyl (C=O) groups excluding carboxylic acids is 1. The first-order chi connectivity index (χ1) is 9.75. The van der Waals surface area contributed by atoms with Crippen LogP contribution in [-0.2, 0) is 11.0 Å². The SMILES string of the molecule is C/C=C/C=C/C(=O)Nc1ccc(N(C)C)cc1C(F)(F)F. The molecule has 0 atom stereocenters. The smallest absolute Gasteiger partial charge is 0.378 e. The molecule has 1 rings (SSSR count). The molecule has 0 aliphatic heterocycles. The van der Waals surface area contributed by atoms with Gasteiger partial charge in [-0.25, -0.2) is 0 Å².